The van der Waals surface area contributed by atoms with Crippen LogP contribution in [-0.4, -0.2) is 10.7 Å². The van der Waals surface area contributed by atoms with Crippen molar-refractivity contribution in [1.82, 2.24) is 4.98 Å². The number of nitrogens with zero attached hydrogens (tertiary/aromatic N) is 2. The van der Waals surface area contributed by atoms with Crippen LogP contribution in [0.4, 0.5) is 11.6 Å². The fourth-order valence-electron chi connectivity index (χ4n) is 5.80. The summed E-state index contributed by atoms with van der Waals surface area (Å²) in [6, 6.07) is 39.6. The van der Waals surface area contributed by atoms with Crippen molar-refractivity contribution in [3.63, 3.8) is 0 Å². The molecule has 0 saturated carbocycles. The maximum atomic E-state index is 6.46. The number of rotatable bonds is 3. The zero-order valence-electron chi connectivity index (χ0n) is 21.3. The third-order valence-electron chi connectivity index (χ3n) is 7.68. The Labute approximate surface area is 239 Å². The van der Waals surface area contributed by atoms with Crippen LogP contribution in [0.3, 0.4) is 0 Å². The van der Waals surface area contributed by atoms with E-state index in [0.29, 0.717) is 5.88 Å². The molecular formula is C35H22BrN3O. The summed E-state index contributed by atoms with van der Waals surface area (Å²) in [7, 11) is 0. The van der Waals surface area contributed by atoms with E-state index >= 15 is 0 Å². The Morgan fingerprint density at radius 2 is 1.45 bits per heavy atom. The summed E-state index contributed by atoms with van der Waals surface area (Å²) in [4.78, 5) is 9.89. The molecule has 1 unspecified atom stereocenters. The molecule has 190 valence electrons. The van der Waals surface area contributed by atoms with Gasteiger partial charge in [0.05, 0.1) is 11.4 Å². The van der Waals surface area contributed by atoms with Gasteiger partial charge in [-0.2, -0.15) is 0 Å². The number of halogens is 1. The van der Waals surface area contributed by atoms with Gasteiger partial charge in [-0.25, -0.2) is 4.99 Å². The van der Waals surface area contributed by atoms with Crippen LogP contribution in [0.25, 0.3) is 43.6 Å². The number of hydrogen-bond donors (Lipinski definition) is 1. The second-order valence-corrected chi connectivity index (χ2v) is 10.8. The van der Waals surface area contributed by atoms with Gasteiger partial charge in [0.15, 0.2) is 0 Å². The lowest BCUT2D eigenvalue weighted by atomic mass is 9.93. The summed E-state index contributed by atoms with van der Waals surface area (Å²) in [5.74, 6) is 0.583. The fourth-order valence-corrected chi connectivity index (χ4v) is 6.30. The molecule has 40 heavy (non-hydrogen) atoms. The molecule has 0 aliphatic carbocycles. The number of nitrogens with one attached hydrogen (secondary N) is 1. The molecule has 8 rings (SSSR count). The second-order valence-electron chi connectivity index (χ2n) is 9.99. The van der Waals surface area contributed by atoms with E-state index in [1.54, 1.807) is 0 Å². The van der Waals surface area contributed by atoms with Gasteiger partial charge in [-0.3, -0.25) is 4.98 Å². The number of aliphatic imine (C=N–C) groups is 1. The molecule has 1 aliphatic heterocycles. The van der Waals surface area contributed by atoms with E-state index in [9.17, 15) is 0 Å². The van der Waals surface area contributed by atoms with E-state index in [-0.39, 0.29) is 6.04 Å². The number of benzene rings is 5. The smallest absolute Gasteiger partial charge is 0.244 e. The number of hydrogen-bond acceptors (Lipinski definition) is 4. The van der Waals surface area contributed by atoms with Gasteiger partial charge in [0, 0.05) is 21.6 Å². The van der Waals surface area contributed by atoms with Gasteiger partial charge < -0.3 is 9.73 Å². The number of anilines is 1. The third-order valence-corrected chi connectivity index (χ3v) is 8.38. The highest BCUT2D eigenvalue weighted by atomic mass is 79.9. The van der Waals surface area contributed by atoms with Crippen molar-refractivity contribution in [2.45, 2.75) is 6.04 Å². The van der Waals surface area contributed by atoms with Gasteiger partial charge in [-0.05, 0) is 63.0 Å². The van der Waals surface area contributed by atoms with Gasteiger partial charge in [-0.15, -0.1) is 0 Å². The highest BCUT2D eigenvalue weighted by Gasteiger charge is 2.31. The zero-order chi connectivity index (χ0) is 26.6. The van der Waals surface area contributed by atoms with Crippen molar-refractivity contribution < 1.29 is 4.42 Å². The Morgan fingerprint density at radius 1 is 0.675 bits per heavy atom. The first kappa shape index (κ1) is 23.2. The molecule has 5 heteroatoms. The first-order chi connectivity index (χ1) is 19.7. The molecule has 2 aromatic heterocycles. The number of pyridine rings is 1. The molecule has 3 heterocycles. The topological polar surface area (TPSA) is 50.4 Å². The Hall–Kier alpha value is -4.74. The molecular weight excluding hydrogens is 558 g/mol. The molecule has 0 spiro atoms. The Kier molecular flexibility index (Phi) is 5.32. The Balaban J connectivity index is 1.33. The number of furan rings is 1. The SMILES string of the molecule is Brc1cccc2c(C3=Nc4oc5cc(-c6cccc7ccccc67)ccc5c4NC3c3ccccn3)cccc12. The summed E-state index contributed by atoms with van der Waals surface area (Å²) >= 11 is 3.72. The molecule has 1 aliphatic rings. The minimum absolute atomic E-state index is 0.239. The molecule has 5 aromatic carbocycles. The van der Waals surface area contributed by atoms with E-state index in [4.69, 9.17) is 14.4 Å². The summed E-state index contributed by atoms with van der Waals surface area (Å²) in [5.41, 5.74) is 6.81. The van der Waals surface area contributed by atoms with Crippen LogP contribution in [0, 0.1) is 0 Å². The summed E-state index contributed by atoms with van der Waals surface area (Å²) in [6.45, 7) is 0. The van der Waals surface area contributed by atoms with Crippen molar-refractivity contribution >= 4 is 65.7 Å². The maximum Gasteiger partial charge on any atom is 0.244 e. The Bertz CT molecular complexity index is 2110. The van der Waals surface area contributed by atoms with Crippen molar-refractivity contribution in [2.24, 2.45) is 4.99 Å². The normalized spacial score (nSPS) is 14.7. The van der Waals surface area contributed by atoms with Gasteiger partial charge in [0.2, 0.25) is 5.88 Å². The van der Waals surface area contributed by atoms with Crippen LogP contribution in [0.1, 0.15) is 17.3 Å². The van der Waals surface area contributed by atoms with Crippen LogP contribution in [0.15, 0.2) is 135 Å². The molecule has 4 nitrogen and oxygen atoms in total. The average Bonchev–Trinajstić information content (AvgIpc) is 3.37. The van der Waals surface area contributed by atoms with Crippen molar-refractivity contribution in [1.29, 1.82) is 0 Å². The lowest BCUT2D eigenvalue weighted by molar-refractivity contribution is 0.623. The number of aromatic nitrogens is 1. The summed E-state index contributed by atoms with van der Waals surface area (Å²) in [6.07, 6.45) is 1.83. The fraction of sp³-hybridized carbons (Fsp3) is 0.0286. The van der Waals surface area contributed by atoms with Gasteiger partial charge >= 0.3 is 0 Å². The van der Waals surface area contributed by atoms with E-state index in [1.807, 2.05) is 24.4 Å². The molecule has 1 N–H and O–H groups in total. The average molecular weight is 580 g/mol. The van der Waals surface area contributed by atoms with Crippen LogP contribution in [0.2, 0.25) is 0 Å². The molecule has 0 radical (unpaired) electrons. The highest BCUT2D eigenvalue weighted by molar-refractivity contribution is 9.10. The van der Waals surface area contributed by atoms with Crippen LogP contribution in [-0.2, 0) is 0 Å². The molecule has 7 aromatic rings. The minimum atomic E-state index is -0.239. The first-order valence-corrected chi connectivity index (χ1v) is 14.0. The predicted molar refractivity (Wildman–Crippen MR) is 168 cm³/mol. The van der Waals surface area contributed by atoms with Crippen LogP contribution in [0.5, 0.6) is 0 Å². The van der Waals surface area contributed by atoms with Crippen molar-refractivity contribution in [2.75, 3.05) is 5.32 Å². The highest BCUT2D eigenvalue weighted by Crippen LogP contribution is 2.45. The van der Waals surface area contributed by atoms with E-state index in [2.05, 4.69) is 118 Å². The van der Waals surface area contributed by atoms with Gasteiger partial charge in [0.25, 0.3) is 0 Å². The van der Waals surface area contributed by atoms with E-state index in [1.165, 1.54) is 16.3 Å². The quantitative estimate of drug-likeness (QED) is 0.226. The van der Waals surface area contributed by atoms with Crippen molar-refractivity contribution in [3.8, 4) is 11.1 Å². The molecule has 1 atom stereocenters. The number of fused-ring (bicyclic) bond motifs is 5. The predicted octanol–water partition coefficient (Wildman–Crippen LogP) is 9.85. The first-order valence-electron chi connectivity index (χ1n) is 13.2. The van der Waals surface area contributed by atoms with Gasteiger partial charge in [0.1, 0.15) is 17.3 Å². The van der Waals surface area contributed by atoms with Crippen LogP contribution >= 0.6 is 15.9 Å². The minimum Gasteiger partial charge on any atom is -0.436 e. The largest absolute Gasteiger partial charge is 0.436 e. The van der Waals surface area contributed by atoms with E-state index in [0.717, 1.165) is 54.4 Å². The zero-order valence-corrected chi connectivity index (χ0v) is 22.9. The van der Waals surface area contributed by atoms with Crippen molar-refractivity contribution in [3.05, 3.63) is 137 Å². The Morgan fingerprint density at radius 3 is 2.38 bits per heavy atom. The standard InChI is InChI=1S/C35H22BrN3O/c36-29-15-7-12-25-26(29)13-6-14-27(25)32-34(30-16-3-4-19-37-30)38-33-28-18-17-22(20-31(28)40-35(33)39-32)24-11-5-9-21-8-1-2-10-23(21)24/h1-20,34,38H. The second kappa shape index (κ2) is 9.18. The molecule has 0 amide bonds. The summed E-state index contributed by atoms with van der Waals surface area (Å²) < 4.78 is 7.51. The lowest BCUT2D eigenvalue weighted by Gasteiger charge is -2.25. The molecule has 0 bridgehead atoms. The maximum absolute atomic E-state index is 6.46. The van der Waals surface area contributed by atoms with Crippen LogP contribution < -0.4 is 5.32 Å². The summed E-state index contributed by atoms with van der Waals surface area (Å²) in [5, 5.41) is 9.45. The third kappa shape index (κ3) is 3.66. The van der Waals surface area contributed by atoms with Gasteiger partial charge in [-0.1, -0.05) is 101 Å². The lowest BCUT2D eigenvalue weighted by Crippen LogP contribution is -2.25. The monoisotopic (exact) mass is 579 g/mol. The van der Waals surface area contributed by atoms with E-state index < -0.39 is 0 Å². The molecule has 0 saturated heterocycles. The molecule has 0 fully saturated rings.